The van der Waals surface area contributed by atoms with Crippen LogP contribution in [0.2, 0.25) is 5.02 Å². The van der Waals surface area contributed by atoms with Gasteiger partial charge in [-0.15, -0.1) is 0 Å². The van der Waals surface area contributed by atoms with E-state index in [0.717, 1.165) is 25.7 Å². The van der Waals surface area contributed by atoms with Crippen molar-refractivity contribution in [1.82, 2.24) is 4.98 Å². The normalized spacial score (nSPS) is 21.9. The van der Waals surface area contributed by atoms with Gasteiger partial charge in [-0.05, 0) is 43.2 Å². The van der Waals surface area contributed by atoms with E-state index in [1.165, 1.54) is 11.1 Å². The van der Waals surface area contributed by atoms with Crippen molar-refractivity contribution in [2.75, 3.05) is 10.2 Å². The van der Waals surface area contributed by atoms with E-state index in [0.29, 0.717) is 11.4 Å². The molecule has 1 saturated heterocycles. The van der Waals surface area contributed by atoms with Crippen LogP contribution in [0.3, 0.4) is 0 Å². The Morgan fingerprint density at radius 2 is 1.78 bits per heavy atom. The summed E-state index contributed by atoms with van der Waals surface area (Å²) < 4.78 is 0. The monoisotopic (exact) mass is 383 g/mol. The number of anilines is 2. The summed E-state index contributed by atoms with van der Waals surface area (Å²) in [5.41, 5.74) is 1.12. The Labute approximate surface area is 161 Å². The van der Waals surface area contributed by atoms with Crippen LogP contribution in [0.15, 0.2) is 42.6 Å². The van der Waals surface area contributed by atoms with Crippen LogP contribution >= 0.6 is 11.6 Å². The van der Waals surface area contributed by atoms with E-state index in [1.807, 2.05) is 0 Å². The predicted molar refractivity (Wildman–Crippen MR) is 102 cm³/mol. The molecule has 1 aliphatic heterocycles. The first-order chi connectivity index (χ1) is 13.1. The van der Waals surface area contributed by atoms with Crippen LogP contribution in [-0.4, -0.2) is 22.7 Å². The highest BCUT2D eigenvalue weighted by Crippen LogP contribution is 2.42. The lowest BCUT2D eigenvalue weighted by atomic mass is 9.81. The first-order valence-electron chi connectivity index (χ1n) is 8.96. The van der Waals surface area contributed by atoms with E-state index >= 15 is 0 Å². The zero-order valence-corrected chi connectivity index (χ0v) is 15.3. The fourth-order valence-corrected chi connectivity index (χ4v) is 4.12. The maximum Gasteiger partial charge on any atom is 0.274 e. The number of nitrogens with one attached hydrogen (secondary N) is 1. The Hall–Kier alpha value is -2.73. The Morgan fingerprint density at radius 1 is 1.07 bits per heavy atom. The van der Waals surface area contributed by atoms with Crippen LogP contribution in [0.1, 0.15) is 36.2 Å². The van der Waals surface area contributed by atoms with Gasteiger partial charge in [-0.2, -0.15) is 0 Å². The first-order valence-corrected chi connectivity index (χ1v) is 9.34. The molecule has 7 heteroatoms. The molecule has 1 aliphatic carbocycles. The van der Waals surface area contributed by atoms with Gasteiger partial charge in [0, 0.05) is 11.9 Å². The molecule has 4 rings (SSSR count). The number of amides is 3. The predicted octanol–water partition coefficient (Wildman–Crippen LogP) is 3.67. The summed E-state index contributed by atoms with van der Waals surface area (Å²) >= 11 is 6.35. The van der Waals surface area contributed by atoms with Gasteiger partial charge in [0.05, 0.1) is 22.5 Å². The van der Waals surface area contributed by atoms with Gasteiger partial charge in [-0.25, -0.2) is 4.90 Å². The third kappa shape index (κ3) is 3.21. The summed E-state index contributed by atoms with van der Waals surface area (Å²) in [7, 11) is 0. The second kappa shape index (κ2) is 7.12. The lowest BCUT2D eigenvalue weighted by Crippen LogP contribution is -2.31. The van der Waals surface area contributed by atoms with E-state index in [9.17, 15) is 14.4 Å². The maximum absolute atomic E-state index is 12.7. The molecular formula is C20H18ClN3O3. The van der Waals surface area contributed by atoms with Gasteiger partial charge in [0.15, 0.2) is 0 Å². The largest absolute Gasteiger partial charge is 0.321 e. The van der Waals surface area contributed by atoms with Gasteiger partial charge in [0.25, 0.3) is 5.91 Å². The summed E-state index contributed by atoms with van der Waals surface area (Å²) in [6.45, 7) is 0. The van der Waals surface area contributed by atoms with E-state index in [1.54, 1.807) is 36.4 Å². The molecule has 2 atom stereocenters. The summed E-state index contributed by atoms with van der Waals surface area (Å²) in [6, 6.07) is 9.83. The first kappa shape index (κ1) is 17.7. The number of carbonyl (C=O) groups excluding carboxylic acids is 3. The molecule has 138 valence electrons. The van der Waals surface area contributed by atoms with Gasteiger partial charge in [0.2, 0.25) is 11.8 Å². The maximum atomic E-state index is 12.7. The fourth-order valence-electron chi connectivity index (χ4n) is 3.86. The molecule has 2 fully saturated rings. The molecule has 0 spiro atoms. The van der Waals surface area contributed by atoms with Crippen molar-refractivity contribution in [2.24, 2.45) is 11.8 Å². The van der Waals surface area contributed by atoms with E-state index in [-0.39, 0.29) is 40.3 Å². The standard InChI is InChI=1S/C20H18ClN3O3/c21-15-11-12(23-18(25)16-7-3-4-10-22-16)8-9-17(15)24-19(26)13-5-1-2-6-14(13)20(24)27/h3-4,7-11,13-14H,1-2,5-6H2,(H,23,25)/t13-,14-/m1/s1. The highest BCUT2D eigenvalue weighted by atomic mass is 35.5. The number of rotatable bonds is 3. The Morgan fingerprint density at radius 3 is 2.37 bits per heavy atom. The zero-order chi connectivity index (χ0) is 19.0. The molecular weight excluding hydrogens is 366 g/mol. The van der Waals surface area contributed by atoms with Gasteiger partial charge < -0.3 is 5.32 Å². The zero-order valence-electron chi connectivity index (χ0n) is 14.5. The molecule has 6 nitrogen and oxygen atoms in total. The average molecular weight is 384 g/mol. The average Bonchev–Trinajstić information content (AvgIpc) is 2.94. The summed E-state index contributed by atoms with van der Waals surface area (Å²) in [6.07, 6.45) is 4.98. The Balaban J connectivity index is 1.56. The number of pyridine rings is 1. The molecule has 1 saturated carbocycles. The molecule has 1 N–H and O–H groups in total. The third-order valence-electron chi connectivity index (χ3n) is 5.19. The van der Waals surface area contributed by atoms with Gasteiger partial charge in [0.1, 0.15) is 5.69 Å². The number of carbonyl (C=O) groups is 3. The molecule has 2 aliphatic rings. The number of benzene rings is 1. The van der Waals surface area contributed by atoms with Crippen LogP contribution in [0.5, 0.6) is 0 Å². The minimum Gasteiger partial charge on any atom is -0.321 e. The van der Waals surface area contributed by atoms with Crippen molar-refractivity contribution in [2.45, 2.75) is 25.7 Å². The SMILES string of the molecule is O=C(Nc1ccc(N2C(=O)[C@@H]3CCCC[C@H]3C2=O)c(Cl)c1)c1ccccn1. The molecule has 1 aromatic heterocycles. The molecule has 0 radical (unpaired) electrons. The van der Waals surface area contributed by atoms with Crippen LogP contribution in [0.4, 0.5) is 11.4 Å². The van der Waals surface area contributed by atoms with Crippen molar-refractivity contribution in [3.63, 3.8) is 0 Å². The second-order valence-corrected chi connectivity index (χ2v) is 7.25. The molecule has 3 amide bonds. The lowest BCUT2D eigenvalue weighted by Gasteiger charge is -2.19. The summed E-state index contributed by atoms with van der Waals surface area (Å²) in [5, 5.41) is 2.96. The summed E-state index contributed by atoms with van der Waals surface area (Å²) in [5.74, 6) is -1.16. The number of aromatic nitrogens is 1. The van der Waals surface area contributed by atoms with E-state index < -0.39 is 0 Å². The lowest BCUT2D eigenvalue weighted by molar-refractivity contribution is -0.122. The molecule has 0 bridgehead atoms. The highest BCUT2D eigenvalue weighted by Gasteiger charge is 2.49. The van der Waals surface area contributed by atoms with Crippen molar-refractivity contribution < 1.29 is 14.4 Å². The quantitative estimate of drug-likeness (QED) is 0.820. The number of imide groups is 1. The number of fused-ring (bicyclic) bond motifs is 1. The second-order valence-electron chi connectivity index (χ2n) is 6.84. The van der Waals surface area contributed by atoms with E-state index in [2.05, 4.69) is 10.3 Å². The number of halogens is 1. The molecule has 2 heterocycles. The molecule has 27 heavy (non-hydrogen) atoms. The van der Waals surface area contributed by atoms with Crippen LogP contribution < -0.4 is 10.2 Å². The summed E-state index contributed by atoms with van der Waals surface area (Å²) in [4.78, 5) is 42.9. The smallest absolute Gasteiger partial charge is 0.274 e. The Kier molecular flexibility index (Phi) is 4.66. The topological polar surface area (TPSA) is 79.4 Å². The molecule has 2 aromatic rings. The third-order valence-corrected chi connectivity index (χ3v) is 5.49. The number of hydrogen-bond donors (Lipinski definition) is 1. The van der Waals surface area contributed by atoms with Crippen LogP contribution in [0.25, 0.3) is 0 Å². The number of hydrogen-bond acceptors (Lipinski definition) is 4. The van der Waals surface area contributed by atoms with Gasteiger partial charge in [-0.3, -0.25) is 19.4 Å². The fraction of sp³-hybridized carbons (Fsp3) is 0.300. The Bertz CT molecular complexity index is 892. The van der Waals surface area contributed by atoms with Gasteiger partial charge >= 0.3 is 0 Å². The van der Waals surface area contributed by atoms with Crippen molar-refractivity contribution in [1.29, 1.82) is 0 Å². The van der Waals surface area contributed by atoms with Gasteiger partial charge in [-0.1, -0.05) is 30.5 Å². The highest BCUT2D eigenvalue weighted by molar-refractivity contribution is 6.36. The minimum atomic E-state index is -0.362. The molecule has 1 aromatic carbocycles. The minimum absolute atomic E-state index is 0.170. The van der Waals surface area contributed by atoms with Crippen molar-refractivity contribution in [3.8, 4) is 0 Å². The van der Waals surface area contributed by atoms with Crippen molar-refractivity contribution >= 4 is 40.7 Å². The molecule has 0 unspecified atom stereocenters. The van der Waals surface area contributed by atoms with Crippen LogP contribution in [0, 0.1) is 11.8 Å². The van der Waals surface area contributed by atoms with Crippen molar-refractivity contribution in [3.05, 3.63) is 53.3 Å². The number of nitrogens with zero attached hydrogens (tertiary/aromatic N) is 2. The van der Waals surface area contributed by atoms with E-state index in [4.69, 9.17) is 11.6 Å². The van der Waals surface area contributed by atoms with Crippen LogP contribution in [-0.2, 0) is 9.59 Å².